The summed E-state index contributed by atoms with van der Waals surface area (Å²) in [5.74, 6) is 0. The number of hydrogen-bond acceptors (Lipinski definition) is 3. The average molecular weight is 138 g/mol. The Morgan fingerprint density at radius 3 is 1.67 bits per heavy atom. The van der Waals surface area contributed by atoms with E-state index in [9.17, 15) is 0 Å². The molecule has 0 nitrogen and oxygen atoms in total. The second-order valence-electron chi connectivity index (χ2n) is 0.658. The van der Waals surface area contributed by atoms with Gasteiger partial charge in [0.05, 0.1) is 0 Å². The number of rotatable bonds is 0. The van der Waals surface area contributed by atoms with Gasteiger partial charge in [0, 0.05) is 0 Å². The molecule has 0 heterocycles. The Balaban J connectivity index is 2.99. The zero-order valence-corrected chi connectivity index (χ0v) is 6.17. The van der Waals surface area contributed by atoms with Gasteiger partial charge in [-0.25, -0.2) is 0 Å². The molecule has 36 valence electrons. The summed E-state index contributed by atoms with van der Waals surface area (Å²) in [5.41, 5.74) is 0. The summed E-state index contributed by atoms with van der Waals surface area (Å²) < 4.78 is 1.01. The number of thioether (sulfide) groups is 2. The lowest BCUT2D eigenvalue weighted by Gasteiger charge is -1.85. The van der Waals surface area contributed by atoms with Gasteiger partial charge < -0.3 is 0 Å². The van der Waals surface area contributed by atoms with Gasteiger partial charge in [-0.2, -0.15) is 0 Å². The van der Waals surface area contributed by atoms with E-state index >= 15 is 0 Å². The minimum Gasteiger partial charge on any atom is -0.111 e. The molecule has 0 aromatic rings. The average Bonchev–Trinajstić information content (AvgIpc) is 1.65. The zero-order chi connectivity index (χ0) is 4.99. The predicted octanol–water partition coefficient (Wildman–Crippen LogP) is 2.00. The van der Waals surface area contributed by atoms with Crippen molar-refractivity contribution in [2.45, 2.75) is 0 Å². The first kappa shape index (κ1) is 6.79. The highest BCUT2D eigenvalue weighted by Crippen LogP contribution is 2.08. The molecule has 0 aliphatic carbocycles. The van der Waals surface area contributed by atoms with Crippen LogP contribution < -0.4 is 0 Å². The molecule has 6 heavy (non-hydrogen) atoms. The number of hydrogen-bond donors (Lipinski definition) is 0. The Morgan fingerprint density at radius 1 is 1.33 bits per heavy atom. The van der Waals surface area contributed by atoms with Crippen LogP contribution in [-0.4, -0.2) is 16.0 Å². The van der Waals surface area contributed by atoms with E-state index in [1.807, 2.05) is 12.5 Å². The molecule has 0 amide bonds. The Bertz CT molecular complexity index is 44.0. The van der Waals surface area contributed by atoms with Crippen molar-refractivity contribution in [2.75, 3.05) is 12.5 Å². The highest BCUT2D eigenvalue weighted by Gasteiger charge is 1.82. The second kappa shape index (κ2) is 3.96. The fourth-order valence-electron chi connectivity index (χ4n) is 0.0833. The van der Waals surface area contributed by atoms with Crippen molar-refractivity contribution < 1.29 is 0 Å². The van der Waals surface area contributed by atoms with Gasteiger partial charge >= 0.3 is 0 Å². The van der Waals surface area contributed by atoms with Crippen LogP contribution >= 0.6 is 35.7 Å². The molecule has 0 bridgehead atoms. The molecule has 0 N–H and O–H groups in total. The van der Waals surface area contributed by atoms with Gasteiger partial charge in [0.25, 0.3) is 0 Å². The molecule has 0 saturated carbocycles. The van der Waals surface area contributed by atoms with Crippen LogP contribution in [0.15, 0.2) is 0 Å². The molecule has 0 saturated heterocycles. The first-order valence-corrected chi connectivity index (χ1v) is 4.29. The van der Waals surface area contributed by atoms with E-state index in [4.69, 9.17) is 12.2 Å². The highest BCUT2D eigenvalue weighted by molar-refractivity contribution is 8.46. The van der Waals surface area contributed by atoms with Gasteiger partial charge in [-0.1, -0.05) is 12.2 Å². The van der Waals surface area contributed by atoms with Crippen molar-refractivity contribution >= 4 is 39.3 Å². The standard InChI is InChI=1S/C3H6S3/c1-5-3(4)6-2/h1-2H3. The Labute approximate surface area is 52.1 Å². The fourth-order valence-corrected chi connectivity index (χ4v) is 0.750. The van der Waals surface area contributed by atoms with E-state index in [0.717, 1.165) is 3.53 Å². The third-order valence-electron chi connectivity index (χ3n) is 0.333. The largest absolute Gasteiger partial charge is 0.111 e. The topological polar surface area (TPSA) is 0 Å². The molecular formula is C3H6S3. The van der Waals surface area contributed by atoms with Crippen molar-refractivity contribution in [3.63, 3.8) is 0 Å². The Kier molecular flexibility index (Phi) is 4.48. The lowest BCUT2D eigenvalue weighted by molar-refractivity contribution is 2.52. The van der Waals surface area contributed by atoms with Crippen molar-refractivity contribution in [3.8, 4) is 0 Å². The van der Waals surface area contributed by atoms with Crippen molar-refractivity contribution in [1.29, 1.82) is 0 Å². The summed E-state index contributed by atoms with van der Waals surface area (Å²) in [6.07, 6.45) is 3.97. The van der Waals surface area contributed by atoms with Crippen LogP contribution in [0.25, 0.3) is 0 Å². The SMILES string of the molecule is CSC(=S)SC. The Morgan fingerprint density at radius 2 is 1.67 bits per heavy atom. The van der Waals surface area contributed by atoms with Crippen LogP contribution in [0.5, 0.6) is 0 Å². The van der Waals surface area contributed by atoms with Gasteiger partial charge in [0.1, 0.15) is 3.53 Å². The third kappa shape index (κ3) is 3.00. The summed E-state index contributed by atoms with van der Waals surface area (Å²) in [4.78, 5) is 0. The van der Waals surface area contributed by atoms with Crippen LogP contribution in [0.1, 0.15) is 0 Å². The first-order chi connectivity index (χ1) is 2.81. The molecule has 0 fully saturated rings. The van der Waals surface area contributed by atoms with Gasteiger partial charge in [-0.3, -0.25) is 0 Å². The first-order valence-electron chi connectivity index (χ1n) is 1.43. The predicted molar refractivity (Wildman–Crippen MR) is 39.6 cm³/mol. The van der Waals surface area contributed by atoms with Crippen LogP contribution in [0.2, 0.25) is 0 Å². The molecule has 0 aliphatic rings. The molecule has 0 aromatic carbocycles. The van der Waals surface area contributed by atoms with E-state index in [1.165, 1.54) is 0 Å². The summed E-state index contributed by atoms with van der Waals surface area (Å²) in [5, 5.41) is 0. The van der Waals surface area contributed by atoms with E-state index in [2.05, 4.69) is 0 Å². The maximum atomic E-state index is 4.78. The molecule has 0 rings (SSSR count). The van der Waals surface area contributed by atoms with Crippen molar-refractivity contribution in [1.82, 2.24) is 0 Å². The fraction of sp³-hybridized carbons (Fsp3) is 0.667. The van der Waals surface area contributed by atoms with E-state index in [0.29, 0.717) is 0 Å². The zero-order valence-electron chi connectivity index (χ0n) is 3.72. The summed E-state index contributed by atoms with van der Waals surface area (Å²) in [6, 6.07) is 0. The molecule has 0 spiro atoms. The Hall–Kier alpha value is 0.790. The van der Waals surface area contributed by atoms with Crippen LogP contribution in [0.3, 0.4) is 0 Å². The summed E-state index contributed by atoms with van der Waals surface area (Å²) in [7, 11) is 0. The maximum Gasteiger partial charge on any atom is 0.103 e. The van der Waals surface area contributed by atoms with Gasteiger partial charge in [-0.15, -0.1) is 23.5 Å². The lowest BCUT2D eigenvalue weighted by Crippen LogP contribution is -1.69. The van der Waals surface area contributed by atoms with Crippen LogP contribution in [0, 0.1) is 0 Å². The van der Waals surface area contributed by atoms with E-state index in [-0.39, 0.29) is 0 Å². The lowest BCUT2D eigenvalue weighted by atomic mass is 11.8. The molecule has 0 unspecified atom stereocenters. The third-order valence-corrected chi connectivity index (χ3v) is 3.00. The minimum absolute atomic E-state index is 1.01. The van der Waals surface area contributed by atoms with Gasteiger partial charge in [-0.05, 0) is 12.5 Å². The molecule has 0 aromatic heterocycles. The highest BCUT2D eigenvalue weighted by atomic mass is 32.2. The molecule has 0 aliphatic heterocycles. The van der Waals surface area contributed by atoms with Gasteiger partial charge in [0.15, 0.2) is 0 Å². The minimum atomic E-state index is 1.01. The van der Waals surface area contributed by atoms with E-state index < -0.39 is 0 Å². The van der Waals surface area contributed by atoms with Crippen molar-refractivity contribution in [2.24, 2.45) is 0 Å². The van der Waals surface area contributed by atoms with E-state index in [1.54, 1.807) is 23.5 Å². The smallest absolute Gasteiger partial charge is 0.103 e. The summed E-state index contributed by atoms with van der Waals surface area (Å²) >= 11 is 8.02. The quantitative estimate of drug-likeness (QED) is 0.470. The monoisotopic (exact) mass is 138 g/mol. The molecule has 0 atom stereocenters. The summed E-state index contributed by atoms with van der Waals surface area (Å²) in [6.45, 7) is 0. The normalized spacial score (nSPS) is 8.33. The molecule has 0 radical (unpaired) electrons. The molecular weight excluding hydrogens is 132 g/mol. The number of thiocarbonyl (C=S) groups is 1. The van der Waals surface area contributed by atoms with Gasteiger partial charge in [0.2, 0.25) is 0 Å². The molecule has 3 heteroatoms. The second-order valence-corrected chi connectivity index (χ2v) is 3.47. The van der Waals surface area contributed by atoms with Crippen LogP contribution in [-0.2, 0) is 0 Å². The van der Waals surface area contributed by atoms with Crippen molar-refractivity contribution in [3.05, 3.63) is 0 Å². The maximum absolute atomic E-state index is 4.78. The van der Waals surface area contributed by atoms with Crippen LogP contribution in [0.4, 0.5) is 0 Å².